The molecule has 1 aromatic rings. The van der Waals surface area contributed by atoms with Crippen molar-refractivity contribution in [3.05, 3.63) is 35.6 Å². The third kappa shape index (κ3) is 3.30. The van der Waals surface area contributed by atoms with Gasteiger partial charge in [-0.05, 0) is 55.9 Å². The van der Waals surface area contributed by atoms with E-state index in [1.165, 1.54) is 18.9 Å². The van der Waals surface area contributed by atoms with E-state index < -0.39 is 0 Å². The van der Waals surface area contributed by atoms with Gasteiger partial charge in [0, 0.05) is 6.54 Å². The second-order valence-corrected chi connectivity index (χ2v) is 5.77. The van der Waals surface area contributed by atoms with E-state index in [9.17, 15) is 4.39 Å². The average Bonchev–Trinajstić information content (AvgIpc) is 2.85. The van der Waals surface area contributed by atoms with Crippen molar-refractivity contribution in [2.75, 3.05) is 26.2 Å². The third-order valence-electron chi connectivity index (χ3n) is 3.87. The van der Waals surface area contributed by atoms with Gasteiger partial charge in [0.05, 0.1) is 0 Å². The smallest absolute Gasteiger partial charge is 0.126 e. The molecule has 3 heteroatoms. The van der Waals surface area contributed by atoms with Crippen molar-refractivity contribution in [2.24, 2.45) is 11.1 Å². The van der Waals surface area contributed by atoms with Crippen LogP contribution in [0.2, 0.25) is 0 Å². The number of hydrogen-bond donors (Lipinski definition) is 1. The van der Waals surface area contributed by atoms with Gasteiger partial charge in [0.25, 0.3) is 0 Å². The minimum Gasteiger partial charge on any atom is -0.330 e. The number of rotatable bonds is 5. The van der Waals surface area contributed by atoms with Gasteiger partial charge < -0.3 is 10.6 Å². The molecule has 0 saturated carbocycles. The first-order valence-electron chi connectivity index (χ1n) is 6.79. The summed E-state index contributed by atoms with van der Waals surface area (Å²) in [5, 5.41) is 0. The molecule has 1 heterocycles. The Morgan fingerprint density at radius 3 is 2.56 bits per heavy atom. The lowest BCUT2D eigenvalue weighted by Crippen LogP contribution is -2.41. The van der Waals surface area contributed by atoms with Gasteiger partial charge in [-0.2, -0.15) is 0 Å². The molecule has 2 rings (SSSR count). The molecule has 1 atom stereocenters. The van der Waals surface area contributed by atoms with E-state index in [1.54, 1.807) is 6.07 Å². The number of likely N-dealkylation sites (tertiary alicyclic amines) is 1. The summed E-state index contributed by atoms with van der Waals surface area (Å²) in [6.45, 7) is 6.05. The Labute approximate surface area is 109 Å². The zero-order valence-electron chi connectivity index (χ0n) is 11.2. The predicted octanol–water partition coefficient (Wildman–Crippen LogP) is 2.43. The van der Waals surface area contributed by atoms with Gasteiger partial charge in [-0.3, -0.25) is 0 Å². The Kier molecular flexibility index (Phi) is 4.36. The summed E-state index contributed by atoms with van der Waals surface area (Å²) < 4.78 is 13.7. The molecular formula is C15H23FN2. The summed E-state index contributed by atoms with van der Waals surface area (Å²) in [4.78, 5) is 2.45. The van der Waals surface area contributed by atoms with E-state index in [4.69, 9.17) is 5.73 Å². The minimum absolute atomic E-state index is 0.0352. The fraction of sp³-hybridized carbons (Fsp3) is 0.600. The highest BCUT2D eigenvalue weighted by Gasteiger charge is 2.28. The molecule has 1 fully saturated rings. The summed E-state index contributed by atoms with van der Waals surface area (Å²) in [7, 11) is 0. The molecule has 18 heavy (non-hydrogen) atoms. The van der Waals surface area contributed by atoms with Crippen molar-refractivity contribution in [1.29, 1.82) is 0 Å². The van der Waals surface area contributed by atoms with Gasteiger partial charge in [0.1, 0.15) is 5.82 Å². The summed E-state index contributed by atoms with van der Waals surface area (Å²) >= 11 is 0. The van der Waals surface area contributed by atoms with Crippen molar-refractivity contribution in [3.63, 3.8) is 0 Å². The maximum Gasteiger partial charge on any atom is 0.126 e. The highest BCUT2D eigenvalue weighted by atomic mass is 19.1. The van der Waals surface area contributed by atoms with Gasteiger partial charge >= 0.3 is 0 Å². The van der Waals surface area contributed by atoms with Crippen molar-refractivity contribution in [1.82, 2.24) is 4.90 Å². The van der Waals surface area contributed by atoms with E-state index in [-0.39, 0.29) is 11.2 Å². The molecule has 0 amide bonds. The standard InChI is InChI=1S/C15H23FN2/c1-15(11-17,12-18-8-4-5-9-18)10-13-6-2-3-7-14(13)16/h2-3,6-7H,4-5,8-12,17H2,1H3. The third-order valence-corrected chi connectivity index (χ3v) is 3.87. The van der Waals surface area contributed by atoms with Gasteiger partial charge in [-0.25, -0.2) is 4.39 Å². The summed E-state index contributed by atoms with van der Waals surface area (Å²) in [5.41, 5.74) is 6.68. The Bertz CT molecular complexity index is 388. The molecule has 0 spiro atoms. The minimum atomic E-state index is -0.112. The number of nitrogens with two attached hydrogens (primary N) is 1. The van der Waals surface area contributed by atoms with Crippen LogP contribution in [-0.2, 0) is 6.42 Å². The van der Waals surface area contributed by atoms with Gasteiger partial charge in [-0.1, -0.05) is 25.1 Å². The fourth-order valence-corrected chi connectivity index (χ4v) is 2.77. The first-order valence-corrected chi connectivity index (χ1v) is 6.79. The summed E-state index contributed by atoms with van der Waals surface area (Å²) in [6, 6.07) is 7.03. The van der Waals surface area contributed by atoms with Gasteiger partial charge in [0.2, 0.25) is 0 Å². The molecule has 100 valence electrons. The summed E-state index contributed by atoms with van der Waals surface area (Å²) in [6.07, 6.45) is 3.27. The molecular weight excluding hydrogens is 227 g/mol. The molecule has 1 aromatic carbocycles. The van der Waals surface area contributed by atoms with Crippen molar-refractivity contribution in [3.8, 4) is 0 Å². The number of nitrogens with zero attached hydrogens (tertiary/aromatic N) is 1. The van der Waals surface area contributed by atoms with Crippen LogP contribution in [0, 0.1) is 11.2 Å². The molecule has 0 aromatic heterocycles. The molecule has 2 N–H and O–H groups in total. The van der Waals surface area contributed by atoms with E-state index in [1.807, 2.05) is 12.1 Å². The predicted molar refractivity (Wildman–Crippen MR) is 72.9 cm³/mol. The van der Waals surface area contributed by atoms with Crippen LogP contribution >= 0.6 is 0 Å². The van der Waals surface area contributed by atoms with Crippen LogP contribution in [-0.4, -0.2) is 31.1 Å². The monoisotopic (exact) mass is 250 g/mol. The largest absolute Gasteiger partial charge is 0.330 e. The molecule has 1 aliphatic rings. The molecule has 2 nitrogen and oxygen atoms in total. The lowest BCUT2D eigenvalue weighted by Gasteiger charge is -2.33. The van der Waals surface area contributed by atoms with Crippen LogP contribution < -0.4 is 5.73 Å². The second kappa shape index (κ2) is 5.81. The molecule has 1 saturated heterocycles. The zero-order valence-corrected chi connectivity index (χ0v) is 11.2. The zero-order chi connectivity index (χ0) is 13.0. The fourth-order valence-electron chi connectivity index (χ4n) is 2.77. The number of halogens is 1. The lowest BCUT2D eigenvalue weighted by atomic mass is 9.83. The maximum absolute atomic E-state index is 13.7. The molecule has 1 unspecified atom stereocenters. The molecule has 0 bridgehead atoms. The normalized spacial score (nSPS) is 19.9. The van der Waals surface area contributed by atoms with E-state index in [0.717, 1.165) is 25.2 Å². The van der Waals surface area contributed by atoms with Gasteiger partial charge in [-0.15, -0.1) is 0 Å². The van der Waals surface area contributed by atoms with Crippen LogP contribution in [0.5, 0.6) is 0 Å². The second-order valence-electron chi connectivity index (χ2n) is 5.77. The van der Waals surface area contributed by atoms with E-state index in [2.05, 4.69) is 11.8 Å². The SMILES string of the molecule is CC(CN)(Cc1ccccc1F)CN1CCCC1. The molecule has 0 aliphatic carbocycles. The molecule has 1 aliphatic heterocycles. The van der Waals surface area contributed by atoms with Crippen molar-refractivity contribution >= 4 is 0 Å². The highest BCUT2D eigenvalue weighted by molar-refractivity contribution is 5.19. The van der Waals surface area contributed by atoms with Crippen LogP contribution in [0.15, 0.2) is 24.3 Å². The Hall–Kier alpha value is -0.930. The maximum atomic E-state index is 13.7. The Morgan fingerprint density at radius 2 is 1.94 bits per heavy atom. The topological polar surface area (TPSA) is 29.3 Å². The average molecular weight is 250 g/mol. The quantitative estimate of drug-likeness (QED) is 0.869. The first-order chi connectivity index (χ1) is 8.63. The van der Waals surface area contributed by atoms with Crippen LogP contribution in [0.3, 0.4) is 0 Å². The lowest BCUT2D eigenvalue weighted by molar-refractivity contribution is 0.195. The number of benzene rings is 1. The number of hydrogen-bond acceptors (Lipinski definition) is 2. The van der Waals surface area contributed by atoms with Crippen molar-refractivity contribution in [2.45, 2.75) is 26.2 Å². The first kappa shape index (κ1) is 13.5. The van der Waals surface area contributed by atoms with Crippen LogP contribution in [0.1, 0.15) is 25.3 Å². The molecule has 0 radical (unpaired) electrons. The summed E-state index contributed by atoms with van der Waals surface area (Å²) in [5.74, 6) is -0.112. The van der Waals surface area contributed by atoms with E-state index >= 15 is 0 Å². The van der Waals surface area contributed by atoms with Gasteiger partial charge in [0.15, 0.2) is 0 Å². The highest BCUT2D eigenvalue weighted by Crippen LogP contribution is 2.25. The van der Waals surface area contributed by atoms with Crippen LogP contribution in [0.25, 0.3) is 0 Å². The Balaban J connectivity index is 2.05. The Morgan fingerprint density at radius 1 is 1.28 bits per heavy atom. The van der Waals surface area contributed by atoms with Crippen molar-refractivity contribution < 1.29 is 4.39 Å². The van der Waals surface area contributed by atoms with E-state index in [0.29, 0.717) is 13.0 Å². The van der Waals surface area contributed by atoms with Crippen LogP contribution in [0.4, 0.5) is 4.39 Å².